The van der Waals surface area contributed by atoms with Crippen LogP contribution < -0.4 is 15.0 Å². The van der Waals surface area contributed by atoms with Crippen molar-refractivity contribution in [3.05, 3.63) is 76.0 Å². The molecule has 43 heavy (non-hydrogen) atoms. The smallest absolute Gasteiger partial charge is 0.436 e. The first-order valence-corrected chi connectivity index (χ1v) is 13.5. The Kier molecular flexibility index (Phi) is 9.26. The molecule has 8 nitrogen and oxygen atoms in total. The van der Waals surface area contributed by atoms with E-state index in [1.165, 1.54) is 42.3 Å². The fourth-order valence-electron chi connectivity index (χ4n) is 4.74. The Morgan fingerprint density at radius 3 is 2.33 bits per heavy atom. The Morgan fingerprint density at radius 2 is 1.72 bits per heavy atom. The van der Waals surface area contributed by atoms with Gasteiger partial charge in [0.05, 0.1) is 37.4 Å². The summed E-state index contributed by atoms with van der Waals surface area (Å²) in [5.41, 5.74) is -2.17. The number of halogens is 6. The van der Waals surface area contributed by atoms with Crippen molar-refractivity contribution in [1.29, 1.82) is 0 Å². The van der Waals surface area contributed by atoms with Crippen LogP contribution >= 0.6 is 0 Å². The number of methoxy groups -OCH3 is 1. The van der Waals surface area contributed by atoms with E-state index in [1.807, 2.05) is 6.92 Å². The zero-order valence-corrected chi connectivity index (χ0v) is 23.6. The maximum atomic E-state index is 14.1. The van der Waals surface area contributed by atoms with Gasteiger partial charge in [-0.1, -0.05) is 25.5 Å². The Balaban J connectivity index is 1.65. The molecule has 1 atom stereocenters. The number of esters is 1. The minimum atomic E-state index is -4.97. The van der Waals surface area contributed by atoms with Crippen LogP contribution in [0, 0.1) is 0 Å². The number of nitrogens with one attached hydrogen (secondary N) is 1. The molecular weight excluding hydrogens is 582 g/mol. The number of hydrogen-bond donors (Lipinski definition) is 1. The standard InChI is InChI=1S/C29H30F6N4O4/c1-4-5-12-43-22-14-18(13-21(15-22)28(30,31)32)16-38-10-11-39-26(38)23(24(37-39)29(33,34)35)25(40)36-17(2)19-6-8-20(9-7-19)27(41)42-3/h6-9,13-15,17H,4-5,10-12,16H2,1-3H3,(H,36,40). The highest BCUT2D eigenvalue weighted by Crippen LogP contribution is 2.40. The van der Waals surface area contributed by atoms with Crippen LogP contribution in [0.25, 0.3) is 0 Å². The number of carbonyl (C=O) groups is 2. The van der Waals surface area contributed by atoms with Gasteiger partial charge in [-0.05, 0) is 54.8 Å². The second-order valence-corrected chi connectivity index (χ2v) is 10.1. The largest absolute Gasteiger partial charge is 0.494 e. The average molecular weight is 613 g/mol. The molecule has 232 valence electrons. The molecule has 3 aromatic rings. The summed E-state index contributed by atoms with van der Waals surface area (Å²) in [6, 6.07) is 8.42. The lowest BCUT2D eigenvalue weighted by atomic mass is 10.1. The molecule has 0 spiro atoms. The lowest BCUT2D eigenvalue weighted by Crippen LogP contribution is -2.31. The molecule has 0 radical (unpaired) electrons. The molecule has 4 rings (SSSR count). The monoisotopic (exact) mass is 612 g/mol. The maximum Gasteiger partial charge on any atom is 0.436 e. The fraction of sp³-hybridized carbons (Fsp3) is 0.414. The lowest BCUT2D eigenvalue weighted by Gasteiger charge is -2.22. The van der Waals surface area contributed by atoms with Gasteiger partial charge >= 0.3 is 18.3 Å². The molecular formula is C29H30F6N4O4. The van der Waals surface area contributed by atoms with E-state index < -0.39 is 47.1 Å². The van der Waals surface area contributed by atoms with Gasteiger partial charge in [-0.25, -0.2) is 9.48 Å². The van der Waals surface area contributed by atoms with Crippen molar-refractivity contribution in [2.24, 2.45) is 0 Å². The van der Waals surface area contributed by atoms with Crippen LogP contribution in [0.5, 0.6) is 5.75 Å². The first-order chi connectivity index (χ1) is 20.2. The van der Waals surface area contributed by atoms with E-state index in [-0.39, 0.29) is 48.9 Å². The molecule has 1 aromatic heterocycles. The summed E-state index contributed by atoms with van der Waals surface area (Å²) >= 11 is 0. The minimum absolute atomic E-state index is 0.00490. The fourth-order valence-corrected chi connectivity index (χ4v) is 4.74. The first kappa shape index (κ1) is 31.7. The number of hydrogen-bond acceptors (Lipinski definition) is 6. The Hall–Kier alpha value is -4.23. The van der Waals surface area contributed by atoms with Gasteiger partial charge in [-0.15, -0.1) is 0 Å². The summed E-state index contributed by atoms with van der Waals surface area (Å²) in [6.07, 6.45) is -8.25. The van der Waals surface area contributed by atoms with E-state index in [4.69, 9.17) is 4.74 Å². The predicted molar refractivity (Wildman–Crippen MR) is 144 cm³/mol. The zero-order valence-electron chi connectivity index (χ0n) is 23.6. The topological polar surface area (TPSA) is 85.7 Å². The predicted octanol–water partition coefficient (Wildman–Crippen LogP) is 6.40. The number of unbranched alkanes of at least 4 members (excludes halogenated alkanes) is 1. The van der Waals surface area contributed by atoms with Crippen molar-refractivity contribution >= 4 is 17.7 Å². The van der Waals surface area contributed by atoms with Crippen LogP contribution in [0.3, 0.4) is 0 Å². The van der Waals surface area contributed by atoms with Gasteiger partial charge in [-0.2, -0.15) is 31.4 Å². The second kappa shape index (κ2) is 12.6. The summed E-state index contributed by atoms with van der Waals surface area (Å²) in [5, 5.41) is 6.20. The molecule has 1 aliphatic heterocycles. The third-order valence-corrected chi connectivity index (χ3v) is 6.92. The summed E-state index contributed by atoms with van der Waals surface area (Å²) < 4.78 is 94.3. The molecule has 0 bridgehead atoms. The highest BCUT2D eigenvalue weighted by molar-refractivity contribution is 6.01. The van der Waals surface area contributed by atoms with Gasteiger partial charge in [0.25, 0.3) is 5.91 Å². The lowest BCUT2D eigenvalue weighted by molar-refractivity contribution is -0.142. The SMILES string of the molecule is CCCCOc1cc(CN2CCn3nc(C(F)(F)F)c(C(=O)NC(C)c4ccc(C(=O)OC)cc4)c32)cc(C(F)(F)F)c1. The Bertz CT molecular complexity index is 1470. The van der Waals surface area contributed by atoms with Crippen molar-refractivity contribution in [1.82, 2.24) is 15.1 Å². The highest BCUT2D eigenvalue weighted by atomic mass is 19.4. The number of anilines is 1. The minimum Gasteiger partial charge on any atom is -0.494 e. The van der Waals surface area contributed by atoms with Crippen molar-refractivity contribution in [3.8, 4) is 5.75 Å². The van der Waals surface area contributed by atoms with Crippen molar-refractivity contribution < 1.29 is 45.4 Å². The summed E-state index contributed by atoms with van der Waals surface area (Å²) in [4.78, 5) is 26.5. The number of carbonyl (C=O) groups excluding carboxylic acids is 2. The number of alkyl halides is 6. The van der Waals surface area contributed by atoms with Crippen LogP contribution in [-0.4, -0.2) is 41.9 Å². The van der Waals surface area contributed by atoms with Crippen molar-refractivity contribution in [2.45, 2.75) is 58.2 Å². The molecule has 1 aliphatic rings. The van der Waals surface area contributed by atoms with Crippen LogP contribution in [0.4, 0.5) is 32.2 Å². The second-order valence-electron chi connectivity index (χ2n) is 10.1. The van der Waals surface area contributed by atoms with Gasteiger partial charge in [0.1, 0.15) is 17.1 Å². The number of ether oxygens (including phenoxy) is 2. The average Bonchev–Trinajstić information content (AvgIpc) is 3.52. The van der Waals surface area contributed by atoms with Gasteiger partial charge in [0, 0.05) is 13.1 Å². The molecule has 0 saturated carbocycles. The third kappa shape index (κ3) is 7.23. The summed E-state index contributed by atoms with van der Waals surface area (Å²) in [5.74, 6) is -1.79. The number of benzene rings is 2. The van der Waals surface area contributed by atoms with E-state index in [0.717, 1.165) is 23.2 Å². The van der Waals surface area contributed by atoms with Crippen LogP contribution in [0.15, 0.2) is 42.5 Å². The quantitative estimate of drug-likeness (QED) is 0.162. The number of nitrogens with zero attached hydrogens (tertiary/aromatic N) is 3. The Morgan fingerprint density at radius 1 is 1.02 bits per heavy atom. The molecule has 0 saturated heterocycles. The van der Waals surface area contributed by atoms with E-state index >= 15 is 0 Å². The molecule has 2 heterocycles. The van der Waals surface area contributed by atoms with Crippen LogP contribution in [0.1, 0.15) is 75.8 Å². The molecule has 1 N–H and O–H groups in total. The number of rotatable bonds is 10. The van der Waals surface area contributed by atoms with Gasteiger partial charge < -0.3 is 19.7 Å². The first-order valence-electron chi connectivity index (χ1n) is 13.5. The van der Waals surface area contributed by atoms with E-state index in [9.17, 15) is 35.9 Å². The molecule has 1 amide bonds. The maximum absolute atomic E-state index is 14.1. The van der Waals surface area contributed by atoms with E-state index in [2.05, 4.69) is 15.2 Å². The van der Waals surface area contributed by atoms with Crippen molar-refractivity contribution in [3.63, 3.8) is 0 Å². The zero-order chi connectivity index (χ0) is 31.5. The van der Waals surface area contributed by atoms with Gasteiger partial charge in [-0.3, -0.25) is 4.79 Å². The third-order valence-electron chi connectivity index (χ3n) is 6.92. The van der Waals surface area contributed by atoms with Crippen LogP contribution in [-0.2, 0) is 30.2 Å². The van der Waals surface area contributed by atoms with Gasteiger partial charge in [0.15, 0.2) is 5.69 Å². The number of amides is 1. The molecule has 1 unspecified atom stereocenters. The van der Waals surface area contributed by atoms with Gasteiger partial charge in [0.2, 0.25) is 0 Å². The number of fused-ring (bicyclic) bond motifs is 1. The van der Waals surface area contributed by atoms with E-state index in [0.29, 0.717) is 12.0 Å². The van der Waals surface area contributed by atoms with Crippen LogP contribution in [0.2, 0.25) is 0 Å². The molecule has 0 fully saturated rings. The molecule has 2 aromatic carbocycles. The number of aromatic nitrogens is 2. The molecule has 14 heteroatoms. The summed E-state index contributed by atoms with van der Waals surface area (Å²) in [6.45, 7) is 3.56. The highest BCUT2D eigenvalue weighted by Gasteiger charge is 2.44. The Labute approximate surface area is 243 Å². The van der Waals surface area contributed by atoms with Crippen molar-refractivity contribution in [2.75, 3.05) is 25.2 Å². The van der Waals surface area contributed by atoms with E-state index in [1.54, 1.807) is 6.92 Å². The normalized spacial score (nSPS) is 13.9. The molecule has 0 aliphatic carbocycles. The summed E-state index contributed by atoms with van der Waals surface area (Å²) in [7, 11) is 1.22.